The molecule has 2 N–H and O–H groups in total. The average Bonchev–Trinajstić information content (AvgIpc) is 2.51. The number of hydrogen-bond donors (Lipinski definition) is 2. The molecule has 0 amide bonds. The van der Waals surface area contributed by atoms with Crippen molar-refractivity contribution in [3.05, 3.63) is 28.2 Å². The molecule has 4 heteroatoms. The zero-order chi connectivity index (χ0) is 13.1. The van der Waals surface area contributed by atoms with Crippen molar-refractivity contribution in [3.8, 4) is 0 Å². The van der Waals surface area contributed by atoms with E-state index in [2.05, 4.69) is 58.2 Å². The molecule has 18 heavy (non-hydrogen) atoms. The summed E-state index contributed by atoms with van der Waals surface area (Å²) >= 11 is 3.64. The normalized spacial score (nSPS) is 25.0. The molecule has 1 aromatic rings. The Kier molecular flexibility index (Phi) is 4.65. The Balaban J connectivity index is 2.20. The molecule has 1 aliphatic rings. The van der Waals surface area contributed by atoms with E-state index >= 15 is 0 Å². The second-order valence-electron chi connectivity index (χ2n) is 5.14. The molecule has 1 saturated heterocycles. The van der Waals surface area contributed by atoms with Gasteiger partial charge in [0.15, 0.2) is 0 Å². The third-order valence-electron chi connectivity index (χ3n) is 3.46. The second-order valence-corrected chi connectivity index (χ2v) is 5.99. The first-order valence-corrected chi connectivity index (χ1v) is 7.27. The van der Waals surface area contributed by atoms with Crippen molar-refractivity contribution in [1.29, 1.82) is 0 Å². The molecule has 0 radical (unpaired) electrons. The lowest BCUT2D eigenvalue weighted by Crippen LogP contribution is -2.42. The molecule has 3 nitrogen and oxygen atoms in total. The molecule has 0 aromatic heterocycles. The molecule has 1 aromatic carbocycles. The van der Waals surface area contributed by atoms with Crippen LogP contribution in [0.4, 0.5) is 5.69 Å². The average molecular weight is 313 g/mol. The van der Waals surface area contributed by atoms with Gasteiger partial charge in [-0.15, -0.1) is 0 Å². The van der Waals surface area contributed by atoms with Gasteiger partial charge in [0.2, 0.25) is 0 Å². The number of halogens is 1. The maximum atomic E-state index is 9.41. The van der Waals surface area contributed by atoms with E-state index in [1.807, 2.05) is 0 Å². The van der Waals surface area contributed by atoms with E-state index in [-0.39, 0.29) is 12.6 Å². The van der Waals surface area contributed by atoms with E-state index in [1.54, 1.807) is 0 Å². The second kappa shape index (κ2) is 6.04. The highest BCUT2D eigenvalue weighted by Crippen LogP contribution is 2.28. The highest BCUT2D eigenvalue weighted by molar-refractivity contribution is 9.10. The van der Waals surface area contributed by atoms with E-state index in [0.29, 0.717) is 6.04 Å². The van der Waals surface area contributed by atoms with E-state index in [1.165, 1.54) is 11.3 Å². The number of anilines is 1. The summed E-state index contributed by atoms with van der Waals surface area (Å²) in [5.74, 6) is 0. The first-order chi connectivity index (χ1) is 8.60. The smallest absolute Gasteiger partial charge is 0.0602 e. The summed E-state index contributed by atoms with van der Waals surface area (Å²) in [6.45, 7) is 6.33. The Bertz CT molecular complexity index is 411. The molecule has 2 rings (SSSR count). The van der Waals surface area contributed by atoms with Crippen LogP contribution in [0.15, 0.2) is 22.7 Å². The maximum absolute atomic E-state index is 9.41. The van der Waals surface area contributed by atoms with Crippen LogP contribution in [0.5, 0.6) is 0 Å². The molecular formula is C14H21BrN2O. The first-order valence-electron chi connectivity index (χ1n) is 6.48. The maximum Gasteiger partial charge on any atom is 0.0602 e. The molecule has 2 atom stereocenters. The SMILES string of the molecule is Cc1ccc(N2CCC(C)NC(CO)C2)c(Br)c1. The van der Waals surface area contributed by atoms with Crippen molar-refractivity contribution in [2.75, 3.05) is 24.6 Å². The van der Waals surface area contributed by atoms with E-state index in [4.69, 9.17) is 0 Å². The van der Waals surface area contributed by atoms with Gasteiger partial charge in [0.05, 0.1) is 12.3 Å². The van der Waals surface area contributed by atoms with Gasteiger partial charge in [-0.05, 0) is 53.9 Å². The minimum absolute atomic E-state index is 0.149. The van der Waals surface area contributed by atoms with Crippen molar-refractivity contribution in [2.45, 2.75) is 32.4 Å². The van der Waals surface area contributed by atoms with Gasteiger partial charge in [0, 0.05) is 29.6 Å². The molecular weight excluding hydrogens is 292 g/mol. The van der Waals surface area contributed by atoms with Gasteiger partial charge in [-0.1, -0.05) is 6.07 Å². The van der Waals surface area contributed by atoms with Crippen LogP contribution >= 0.6 is 15.9 Å². The van der Waals surface area contributed by atoms with E-state index < -0.39 is 0 Å². The Morgan fingerprint density at radius 3 is 2.94 bits per heavy atom. The van der Waals surface area contributed by atoms with Crippen LogP contribution in [-0.2, 0) is 0 Å². The van der Waals surface area contributed by atoms with Crippen LogP contribution in [0.1, 0.15) is 18.9 Å². The summed E-state index contributed by atoms with van der Waals surface area (Å²) in [6, 6.07) is 7.04. The molecule has 1 aliphatic heterocycles. The number of rotatable bonds is 2. The van der Waals surface area contributed by atoms with Gasteiger partial charge in [0.1, 0.15) is 0 Å². The first kappa shape index (κ1) is 13.8. The highest BCUT2D eigenvalue weighted by atomic mass is 79.9. The fraction of sp³-hybridized carbons (Fsp3) is 0.571. The lowest BCUT2D eigenvalue weighted by molar-refractivity contribution is 0.240. The van der Waals surface area contributed by atoms with Gasteiger partial charge < -0.3 is 15.3 Å². The number of nitrogens with one attached hydrogen (secondary N) is 1. The van der Waals surface area contributed by atoms with E-state index in [9.17, 15) is 5.11 Å². The van der Waals surface area contributed by atoms with Crippen molar-refractivity contribution in [3.63, 3.8) is 0 Å². The third-order valence-corrected chi connectivity index (χ3v) is 4.09. The summed E-state index contributed by atoms with van der Waals surface area (Å²) in [5.41, 5.74) is 2.47. The lowest BCUT2D eigenvalue weighted by atomic mass is 10.2. The third kappa shape index (κ3) is 3.25. The molecule has 1 fully saturated rings. The molecule has 0 bridgehead atoms. The van der Waals surface area contributed by atoms with Gasteiger partial charge >= 0.3 is 0 Å². The Morgan fingerprint density at radius 2 is 2.28 bits per heavy atom. The topological polar surface area (TPSA) is 35.5 Å². The molecule has 0 saturated carbocycles. The van der Waals surface area contributed by atoms with Gasteiger partial charge in [-0.25, -0.2) is 0 Å². The van der Waals surface area contributed by atoms with Crippen LogP contribution in [0, 0.1) is 6.92 Å². The summed E-state index contributed by atoms with van der Waals surface area (Å²) in [4.78, 5) is 2.35. The number of aliphatic hydroxyl groups excluding tert-OH is 1. The van der Waals surface area contributed by atoms with Crippen LogP contribution in [0.2, 0.25) is 0 Å². The van der Waals surface area contributed by atoms with Crippen LogP contribution in [0.25, 0.3) is 0 Å². The lowest BCUT2D eigenvalue weighted by Gasteiger charge is -2.26. The van der Waals surface area contributed by atoms with Crippen LogP contribution < -0.4 is 10.2 Å². The quantitative estimate of drug-likeness (QED) is 0.879. The Morgan fingerprint density at radius 1 is 1.50 bits per heavy atom. The Labute approximate surface area is 117 Å². The number of hydrogen-bond acceptors (Lipinski definition) is 3. The fourth-order valence-electron chi connectivity index (χ4n) is 2.44. The highest BCUT2D eigenvalue weighted by Gasteiger charge is 2.22. The summed E-state index contributed by atoms with van der Waals surface area (Å²) < 4.78 is 1.13. The summed E-state index contributed by atoms with van der Waals surface area (Å²) in [6.07, 6.45) is 1.09. The number of aryl methyl sites for hydroxylation is 1. The molecule has 1 heterocycles. The largest absolute Gasteiger partial charge is 0.395 e. The van der Waals surface area contributed by atoms with Crippen LogP contribution in [0.3, 0.4) is 0 Å². The zero-order valence-electron chi connectivity index (χ0n) is 11.0. The number of aliphatic hydroxyl groups is 1. The van der Waals surface area contributed by atoms with Crippen molar-refractivity contribution >= 4 is 21.6 Å². The fourth-order valence-corrected chi connectivity index (χ4v) is 3.19. The number of nitrogens with zero attached hydrogens (tertiary/aromatic N) is 1. The van der Waals surface area contributed by atoms with Crippen molar-refractivity contribution in [1.82, 2.24) is 5.32 Å². The number of benzene rings is 1. The molecule has 0 aliphatic carbocycles. The monoisotopic (exact) mass is 312 g/mol. The minimum atomic E-state index is 0.149. The van der Waals surface area contributed by atoms with Gasteiger partial charge in [-0.2, -0.15) is 0 Å². The predicted octanol–water partition coefficient (Wildman–Crippen LogP) is 2.31. The molecule has 2 unspecified atom stereocenters. The van der Waals surface area contributed by atoms with Gasteiger partial charge in [0.25, 0.3) is 0 Å². The predicted molar refractivity (Wildman–Crippen MR) is 79.2 cm³/mol. The summed E-state index contributed by atoms with van der Waals surface area (Å²) in [7, 11) is 0. The van der Waals surface area contributed by atoms with Crippen LogP contribution in [-0.4, -0.2) is 36.9 Å². The van der Waals surface area contributed by atoms with Crippen molar-refractivity contribution < 1.29 is 5.11 Å². The Hall–Kier alpha value is -0.580. The molecule has 0 spiro atoms. The minimum Gasteiger partial charge on any atom is -0.395 e. The van der Waals surface area contributed by atoms with Gasteiger partial charge in [-0.3, -0.25) is 0 Å². The van der Waals surface area contributed by atoms with E-state index in [0.717, 1.165) is 24.0 Å². The van der Waals surface area contributed by atoms with Crippen molar-refractivity contribution in [2.24, 2.45) is 0 Å². The standard InChI is InChI=1S/C14H21BrN2O/c1-10-3-4-14(13(15)7-10)17-6-5-11(2)16-12(8-17)9-18/h3-4,7,11-12,16,18H,5-6,8-9H2,1-2H3. The summed E-state index contributed by atoms with van der Waals surface area (Å²) in [5, 5.41) is 12.9. The molecule has 100 valence electrons. The zero-order valence-corrected chi connectivity index (χ0v) is 12.6.